The number of nitrogens with one attached hydrogen (secondary N) is 1. The highest BCUT2D eigenvalue weighted by Crippen LogP contribution is 2.31. The van der Waals surface area contributed by atoms with Gasteiger partial charge in [-0.15, -0.1) is 0 Å². The van der Waals surface area contributed by atoms with Crippen LogP contribution in [0.15, 0.2) is 0 Å². The zero-order valence-corrected chi connectivity index (χ0v) is 12.9. The van der Waals surface area contributed by atoms with E-state index in [0.29, 0.717) is 25.6 Å². The predicted octanol–water partition coefficient (Wildman–Crippen LogP) is 1.13. The van der Waals surface area contributed by atoms with Crippen LogP contribution in [-0.4, -0.2) is 42.9 Å². The molecular formula is C15H29N3O2. The van der Waals surface area contributed by atoms with E-state index in [1.54, 1.807) is 4.90 Å². The number of amides is 2. The van der Waals surface area contributed by atoms with E-state index in [2.05, 4.69) is 5.32 Å². The number of carbonyl (C=O) groups is 2. The highest BCUT2D eigenvalue weighted by molar-refractivity contribution is 5.85. The van der Waals surface area contributed by atoms with Crippen molar-refractivity contribution in [3.05, 3.63) is 0 Å². The zero-order valence-electron chi connectivity index (χ0n) is 12.9. The fraction of sp³-hybridized carbons (Fsp3) is 0.867. The fourth-order valence-corrected chi connectivity index (χ4v) is 3.04. The lowest BCUT2D eigenvalue weighted by Crippen LogP contribution is -2.44. The van der Waals surface area contributed by atoms with Gasteiger partial charge in [0.15, 0.2) is 0 Å². The maximum Gasteiger partial charge on any atom is 0.239 e. The number of likely N-dealkylation sites (N-methyl/N-ethyl adjacent to an activating group) is 2. The van der Waals surface area contributed by atoms with Gasteiger partial charge in [0.1, 0.15) is 0 Å². The van der Waals surface area contributed by atoms with Gasteiger partial charge in [-0.1, -0.05) is 12.8 Å². The van der Waals surface area contributed by atoms with E-state index in [-0.39, 0.29) is 24.3 Å². The van der Waals surface area contributed by atoms with Gasteiger partial charge < -0.3 is 16.0 Å². The Morgan fingerprint density at radius 2 is 2.05 bits per heavy atom. The Morgan fingerprint density at radius 3 is 2.65 bits per heavy atom. The summed E-state index contributed by atoms with van der Waals surface area (Å²) in [6.45, 7) is 5.88. The van der Waals surface area contributed by atoms with Crippen LogP contribution in [0.25, 0.3) is 0 Å². The molecule has 2 unspecified atom stereocenters. The Kier molecular flexibility index (Phi) is 7.59. The fourth-order valence-electron chi connectivity index (χ4n) is 3.04. The van der Waals surface area contributed by atoms with Crippen molar-refractivity contribution in [3.63, 3.8) is 0 Å². The Balaban J connectivity index is 2.54. The van der Waals surface area contributed by atoms with Crippen molar-refractivity contribution in [3.8, 4) is 0 Å². The molecule has 0 aromatic carbocycles. The third kappa shape index (κ3) is 5.12. The van der Waals surface area contributed by atoms with E-state index in [1.807, 2.05) is 13.8 Å². The van der Waals surface area contributed by atoms with Crippen molar-refractivity contribution in [1.82, 2.24) is 10.2 Å². The molecular weight excluding hydrogens is 254 g/mol. The average Bonchev–Trinajstić information content (AvgIpc) is 2.45. The van der Waals surface area contributed by atoms with E-state index in [4.69, 9.17) is 5.73 Å². The molecule has 116 valence electrons. The second-order valence-corrected chi connectivity index (χ2v) is 5.61. The molecule has 3 N–H and O–H groups in total. The Labute approximate surface area is 122 Å². The van der Waals surface area contributed by atoms with Gasteiger partial charge >= 0.3 is 0 Å². The van der Waals surface area contributed by atoms with Crippen LogP contribution in [0.3, 0.4) is 0 Å². The quantitative estimate of drug-likeness (QED) is 0.735. The Hall–Kier alpha value is -1.10. The van der Waals surface area contributed by atoms with Crippen molar-refractivity contribution in [2.24, 2.45) is 17.6 Å². The van der Waals surface area contributed by atoms with Crippen molar-refractivity contribution in [2.75, 3.05) is 26.2 Å². The molecule has 0 spiro atoms. The number of nitrogens with two attached hydrogens (primary N) is 1. The lowest BCUT2D eigenvalue weighted by atomic mass is 9.79. The largest absolute Gasteiger partial charge is 0.355 e. The number of carbonyl (C=O) groups excluding carboxylic acids is 2. The van der Waals surface area contributed by atoms with Gasteiger partial charge in [-0.25, -0.2) is 0 Å². The molecule has 5 nitrogen and oxygen atoms in total. The van der Waals surface area contributed by atoms with Crippen LogP contribution in [0.2, 0.25) is 0 Å². The van der Waals surface area contributed by atoms with Crippen molar-refractivity contribution in [2.45, 2.75) is 46.0 Å². The van der Waals surface area contributed by atoms with E-state index < -0.39 is 0 Å². The summed E-state index contributed by atoms with van der Waals surface area (Å²) in [4.78, 5) is 25.9. The van der Waals surface area contributed by atoms with Crippen LogP contribution >= 0.6 is 0 Å². The summed E-state index contributed by atoms with van der Waals surface area (Å²) < 4.78 is 0. The summed E-state index contributed by atoms with van der Waals surface area (Å²) in [5.41, 5.74) is 5.62. The van der Waals surface area contributed by atoms with E-state index >= 15 is 0 Å². The minimum absolute atomic E-state index is 0.0722. The van der Waals surface area contributed by atoms with E-state index in [9.17, 15) is 9.59 Å². The molecule has 0 saturated heterocycles. The maximum atomic E-state index is 12.5. The summed E-state index contributed by atoms with van der Waals surface area (Å²) in [5, 5.41) is 2.75. The van der Waals surface area contributed by atoms with E-state index in [0.717, 1.165) is 25.7 Å². The standard InChI is InChI=1S/C15H29N3O2/c1-3-17-14(19)11-18(4-2)15(20)13-7-5-6-12(10-13)8-9-16/h12-13H,3-11,16H2,1-2H3,(H,17,19). The second-order valence-electron chi connectivity index (χ2n) is 5.61. The predicted molar refractivity (Wildman–Crippen MR) is 80.1 cm³/mol. The highest BCUT2D eigenvalue weighted by atomic mass is 16.2. The molecule has 0 bridgehead atoms. The van der Waals surface area contributed by atoms with Gasteiger partial charge in [0.05, 0.1) is 6.54 Å². The van der Waals surface area contributed by atoms with Crippen molar-refractivity contribution < 1.29 is 9.59 Å². The molecule has 0 aliphatic heterocycles. The molecule has 0 heterocycles. The topological polar surface area (TPSA) is 75.4 Å². The zero-order chi connectivity index (χ0) is 15.0. The van der Waals surface area contributed by atoms with Gasteiger partial charge in [-0.05, 0) is 45.6 Å². The third-order valence-corrected chi connectivity index (χ3v) is 4.11. The molecule has 0 aromatic rings. The first-order valence-electron chi connectivity index (χ1n) is 7.87. The maximum absolute atomic E-state index is 12.5. The monoisotopic (exact) mass is 283 g/mol. The minimum Gasteiger partial charge on any atom is -0.355 e. The van der Waals surface area contributed by atoms with Crippen LogP contribution in [0.1, 0.15) is 46.0 Å². The SMILES string of the molecule is CCNC(=O)CN(CC)C(=O)C1CCCC(CCN)C1. The van der Waals surface area contributed by atoms with Crippen LogP contribution < -0.4 is 11.1 Å². The molecule has 0 radical (unpaired) electrons. The summed E-state index contributed by atoms with van der Waals surface area (Å²) in [6.07, 6.45) is 5.17. The van der Waals surface area contributed by atoms with Crippen LogP contribution in [0.4, 0.5) is 0 Å². The first-order chi connectivity index (χ1) is 9.62. The smallest absolute Gasteiger partial charge is 0.239 e. The van der Waals surface area contributed by atoms with Gasteiger partial charge in [-0.2, -0.15) is 0 Å². The number of nitrogens with zero attached hydrogens (tertiary/aromatic N) is 1. The van der Waals surface area contributed by atoms with Gasteiger partial charge in [0.25, 0.3) is 0 Å². The Morgan fingerprint density at radius 1 is 1.30 bits per heavy atom. The van der Waals surface area contributed by atoms with Crippen molar-refractivity contribution in [1.29, 1.82) is 0 Å². The number of hydrogen-bond acceptors (Lipinski definition) is 3. The molecule has 2 atom stereocenters. The first-order valence-corrected chi connectivity index (χ1v) is 7.87. The summed E-state index contributed by atoms with van der Waals surface area (Å²) >= 11 is 0. The lowest BCUT2D eigenvalue weighted by molar-refractivity contribution is -0.140. The Bertz CT molecular complexity index is 318. The molecule has 2 amide bonds. The van der Waals surface area contributed by atoms with Crippen LogP contribution in [0.5, 0.6) is 0 Å². The molecule has 0 aromatic heterocycles. The summed E-state index contributed by atoms with van der Waals surface area (Å²) in [6, 6.07) is 0. The van der Waals surface area contributed by atoms with Gasteiger partial charge in [0, 0.05) is 19.0 Å². The van der Waals surface area contributed by atoms with Gasteiger partial charge in [-0.3, -0.25) is 9.59 Å². The molecule has 1 aliphatic rings. The van der Waals surface area contributed by atoms with Gasteiger partial charge in [0.2, 0.25) is 11.8 Å². The molecule has 5 heteroatoms. The van der Waals surface area contributed by atoms with E-state index in [1.165, 1.54) is 6.42 Å². The molecule has 1 aliphatic carbocycles. The summed E-state index contributed by atoms with van der Waals surface area (Å²) in [5.74, 6) is 0.720. The molecule has 20 heavy (non-hydrogen) atoms. The number of rotatable bonds is 7. The molecule has 1 fully saturated rings. The minimum atomic E-state index is -0.0722. The number of hydrogen-bond donors (Lipinski definition) is 2. The second kappa shape index (κ2) is 8.95. The lowest BCUT2D eigenvalue weighted by Gasteiger charge is -2.32. The first kappa shape index (κ1) is 17.0. The van der Waals surface area contributed by atoms with Crippen LogP contribution in [0, 0.1) is 11.8 Å². The highest BCUT2D eigenvalue weighted by Gasteiger charge is 2.30. The average molecular weight is 283 g/mol. The van der Waals surface area contributed by atoms with Crippen molar-refractivity contribution >= 4 is 11.8 Å². The normalized spacial score (nSPS) is 22.4. The molecule has 1 rings (SSSR count). The summed E-state index contributed by atoms with van der Waals surface area (Å²) in [7, 11) is 0. The third-order valence-electron chi connectivity index (χ3n) is 4.11. The van der Waals surface area contributed by atoms with Crippen LogP contribution in [-0.2, 0) is 9.59 Å². The molecule has 1 saturated carbocycles.